The van der Waals surface area contributed by atoms with Crippen molar-refractivity contribution in [2.24, 2.45) is 0 Å². The summed E-state index contributed by atoms with van der Waals surface area (Å²) in [6.07, 6.45) is 0. The lowest BCUT2D eigenvalue weighted by atomic mass is 10.00. The van der Waals surface area contributed by atoms with Crippen LogP contribution in [-0.4, -0.2) is 5.16 Å². The highest BCUT2D eigenvalue weighted by Gasteiger charge is 2.19. The van der Waals surface area contributed by atoms with Crippen molar-refractivity contribution in [1.82, 2.24) is 5.16 Å². The summed E-state index contributed by atoms with van der Waals surface area (Å²) in [5, 5.41) is 4.75. The second-order valence-electron chi connectivity index (χ2n) is 4.76. The number of benzene rings is 2. The number of anilines is 1. The Hall–Kier alpha value is -1.78. The number of aryl methyl sites for hydroxylation is 1. The molecule has 0 bridgehead atoms. The molecule has 0 aliphatic carbocycles. The maximum Gasteiger partial charge on any atom is 0.230 e. The van der Waals surface area contributed by atoms with Crippen molar-refractivity contribution in [2.45, 2.75) is 6.92 Å². The van der Waals surface area contributed by atoms with Gasteiger partial charge in [-0.3, -0.25) is 0 Å². The Kier molecular flexibility index (Phi) is 3.74. The van der Waals surface area contributed by atoms with Crippen LogP contribution in [0.25, 0.3) is 22.4 Å². The lowest BCUT2D eigenvalue weighted by Crippen LogP contribution is -1.88. The van der Waals surface area contributed by atoms with Gasteiger partial charge < -0.3 is 10.3 Å². The van der Waals surface area contributed by atoms with Gasteiger partial charge in [-0.1, -0.05) is 68.6 Å². The standard InChI is InChI=1S/C16H12BrClN2O/c1-9-2-4-10(5-3-9)14-15(20-21-16(14)19)12-7-6-11(18)8-13(12)17/h2-8H,19H2,1H3. The molecule has 0 aliphatic heterocycles. The molecule has 0 fully saturated rings. The molecule has 0 radical (unpaired) electrons. The first-order valence-electron chi connectivity index (χ1n) is 6.34. The van der Waals surface area contributed by atoms with Crippen molar-refractivity contribution in [1.29, 1.82) is 0 Å². The minimum Gasteiger partial charge on any atom is -0.367 e. The van der Waals surface area contributed by atoms with Gasteiger partial charge in [0.25, 0.3) is 0 Å². The summed E-state index contributed by atoms with van der Waals surface area (Å²) in [6.45, 7) is 2.04. The third kappa shape index (κ3) is 2.69. The molecule has 0 atom stereocenters. The van der Waals surface area contributed by atoms with Crippen LogP contribution in [0, 0.1) is 6.92 Å². The van der Waals surface area contributed by atoms with Gasteiger partial charge in [0.15, 0.2) is 0 Å². The van der Waals surface area contributed by atoms with Crippen molar-refractivity contribution >= 4 is 33.4 Å². The number of rotatable bonds is 2. The van der Waals surface area contributed by atoms with Crippen LogP contribution in [-0.2, 0) is 0 Å². The zero-order valence-corrected chi connectivity index (χ0v) is 13.6. The van der Waals surface area contributed by atoms with Crippen LogP contribution in [0.2, 0.25) is 5.02 Å². The molecule has 1 heterocycles. The molecule has 0 unspecified atom stereocenters. The van der Waals surface area contributed by atoms with E-state index in [9.17, 15) is 0 Å². The number of hydrogen-bond donors (Lipinski definition) is 1. The highest BCUT2D eigenvalue weighted by atomic mass is 79.9. The van der Waals surface area contributed by atoms with Gasteiger partial charge in [0.1, 0.15) is 5.69 Å². The van der Waals surface area contributed by atoms with Gasteiger partial charge >= 0.3 is 0 Å². The Bertz CT molecular complexity index is 797. The van der Waals surface area contributed by atoms with E-state index in [0.29, 0.717) is 16.6 Å². The molecule has 3 rings (SSSR count). The summed E-state index contributed by atoms with van der Waals surface area (Å²) < 4.78 is 6.04. The molecule has 2 N–H and O–H groups in total. The predicted molar refractivity (Wildman–Crippen MR) is 89.2 cm³/mol. The fourth-order valence-corrected chi connectivity index (χ4v) is 3.04. The molecule has 5 heteroatoms. The fourth-order valence-electron chi connectivity index (χ4n) is 2.17. The average Bonchev–Trinajstić information content (AvgIpc) is 2.82. The van der Waals surface area contributed by atoms with Crippen molar-refractivity contribution in [3.63, 3.8) is 0 Å². The summed E-state index contributed by atoms with van der Waals surface area (Å²) in [4.78, 5) is 0. The topological polar surface area (TPSA) is 52.0 Å². The second kappa shape index (κ2) is 5.54. The third-order valence-corrected chi connectivity index (χ3v) is 4.14. The molecule has 2 aromatic carbocycles. The average molecular weight is 364 g/mol. The van der Waals surface area contributed by atoms with Gasteiger partial charge in [-0.15, -0.1) is 0 Å². The van der Waals surface area contributed by atoms with Gasteiger partial charge in [-0.2, -0.15) is 0 Å². The molecule has 1 aromatic heterocycles. The molecule has 3 aromatic rings. The number of halogens is 2. The van der Waals surface area contributed by atoms with Crippen LogP contribution in [0.15, 0.2) is 51.5 Å². The summed E-state index contributed by atoms with van der Waals surface area (Å²) in [7, 11) is 0. The fraction of sp³-hybridized carbons (Fsp3) is 0.0625. The Morgan fingerprint density at radius 3 is 2.52 bits per heavy atom. The molecule has 3 nitrogen and oxygen atoms in total. The molecule has 0 spiro atoms. The molecule has 106 valence electrons. The van der Waals surface area contributed by atoms with Crippen molar-refractivity contribution in [2.75, 3.05) is 5.73 Å². The van der Waals surface area contributed by atoms with Crippen LogP contribution in [0.1, 0.15) is 5.56 Å². The van der Waals surface area contributed by atoms with E-state index < -0.39 is 0 Å². The van der Waals surface area contributed by atoms with E-state index in [-0.39, 0.29) is 0 Å². The molecule has 0 saturated carbocycles. The van der Waals surface area contributed by atoms with Crippen LogP contribution >= 0.6 is 27.5 Å². The number of aromatic nitrogens is 1. The first-order chi connectivity index (χ1) is 10.1. The van der Waals surface area contributed by atoms with Crippen molar-refractivity contribution in [3.05, 3.63) is 57.5 Å². The maximum absolute atomic E-state index is 5.99. The lowest BCUT2D eigenvalue weighted by molar-refractivity contribution is 0.439. The Balaban J connectivity index is 2.19. The number of nitrogen functional groups attached to an aromatic ring is 1. The summed E-state index contributed by atoms with van der Waals surface area (Å²) in [5.41, 5.74) is 10.5. The maximum atomic E-state index is 5.99. The number of hydrogen-bond acceptors (Lipinski definition) is 3. The van der Waals surface area contributed by atoms with E-state index >= 15 is 0 Å². The van der Waals surface area contributed by atoms with E-state index in [1.807, 2.05) is 49.4 Å². The summed E-state index contributed by atoms with van der Waals surface area (Å²) >= 11 is 9.49. The van der Waals surface area contributed by atoms with Crippen LogP contribution in [0.4, 0.5) is 5.88 Å². The molecule has 0 aliphatic rings. The Labute approximate surface area is 135 Å². The number of nitrogens with two attached hydrogens (primary N) is 1. The van der Waals surface area contributed by atoms with E-state index in [1.54, 1.807) is 0 Å². The quantitative estimate of drug-likeness (QED) is 0.671. The highest BCUT2D eigenvalue weighted by Crippen LogP contribution is 2.39. The normalized spacial score (nSPS) is 10.8. The van der Waals surface area contributed by atoms with Crippen LogP contribution < -0.4 is 5.73 Å². The molecular weight excluding hydrogens is 352 g/mol. The van der Waals surface area contributed by atoms with Crippen LogP contribution in [0.3, 0.4) is 0 Å². The van der Waals surface area contributed by atoms with E-state index in [2.05, 4.69) is 21.1 Å². The SMILES string of the molecule is Cc1ccc(-c2c(-c3ccc(Cl)cc3Br)noc2N)cc1. The van der Waals surface area contributed by atoms with Gasteiger partial charge in [0.2, 0.25) is 5.88 Å². The van der Waals surface area contributed by atoms with Gasteiger partial charge in [-0.25, -0.2) is 0 Å². The van der Waals surface area contributed by atoms with E-state index in [0.717, 1.165) is 21.2 Å². The van der Waals surface area contributed by atoms with Gasteiger partial charge in [0, 0.05) is 15.1 Å². The van der Waals surface area contributed by atoms with E-state index in [4.69, 9.17) is 21.9 Å². The monoisotopic (exact) mass is 362 g/mol. The predicted octanol–water partition coefficient (Wildman–Crippen LogP) is 5.32. The van der Waals surface area contributed by atoms with Gasteiger partial charge in [0.05, 0.1) is 5.56 Å². The van der Waals surface area contributed by atoms with Crippen molar-refractivity contribution < 1.29 is 4.52 Å². The summed E-state index contributed by atoms with van der Waals surface area (Å²) in [6, 6.07) is 13.6. The molecule has 0 saturated heterocycles. The largest absolute Gasteiger partial charge is 0.367 e. The molecule has 0 amide bonds. The summed E-state index contributed by atoms with van der Waals surface area (Å²) in [5.74, 6) is 0.302. The van der Waals surface area contributed by atoms with E-state index in [1.165, 1.54) is 5.56 Å². The Morgan fingerprint density at radius 2 is 1.86 bits per heavy atom. The third-order valence-electron chi connectivity index (χ3n) is 3.24. The zero-order chi connectivity index (χ0) is 15.0. The zero-order valence-electron chi connectivity index (χ0n) is 11.2. The highest BCUT2D eigenvalue weighted by molar-refractivity contribution is 9.10. The first kappa shape index (κ1) is 14.2. The minimum atomic E-state index is 0.302. The molecular formula is C16H12BrClN2O. The first-order valence-corrected chi connectivity index (χ1v) is 7.51. The second-order valence-corrected chi connectivity index (χ2v) is 6.05. The van der Waals surface area contributed by atoms with Gasteiger partial charge in [-0.05, 0) is 24.6 Å². The minimum absolute atomic E-state index is 0.302. The number of nitrogens with zero attached hydrogens (tertiary/aromatic N) is 1. The Morgan fingerprint density at radius 1 is 1.14 bits per heavy atom. The smallest absolute Gasteiger partial charge is 0.230 e. The lowest BCUT2D eigenvalue weighted by Gasteiger charge is -2.06. The van der Waals surface area contributed by atoms with Crippen molar-refractivity contribution in [3.8, 4) is 22.4 Å². The molecule has 21 heavy (non-hydrogen) atoms. The van der Waals surface area contributed by atoms with Crippen LogP contribution in [0.5, 0.6) is 0 Å².